The van der Waals surface area contributed by atoms with E-state index in [-0.39, 0.29) is 11.7 Å². The molecule has 1 amide bonds. The maximum absolute atomic E-state index is 13.5. The summed E-state index contributed by atoms with van der Waals surface area (Å²) in [6.45, 7) is 2.91. The van der Waals surface area contributed by atoms with Crippen molar-refractivity contribution in [2.45, 2.75) is 13.0 Å². The van der Waals surface area contributed by atoms with E-state index in [1.165, 1.54) is 12.1 Å². The highest BCUT2D eigenvalue weighted by atomic mass is 35.5. The Labute approximate surface area is 174 Å². The summed E-state index contributed by atoms with van der Waals surface area (Å²) in [4.78, 5) is 20.8. The molecule has 6 nitrogen and oxygen atoms in total. The fraction of sp³-hybridized carbons (Fsp3) is 0.333. The number of benzene rings is 2. The molecule has 0 radical (unpaired) electrons. The highest BCUT2D eigenvalue weighted by Gasteiger charge is 2.23. The summed E-state index contributed by atoms with van der Waals surface area (Å²) >= 11 is 5.99. The number of aliphatic imine (C=N–C) groups is 1. The van der Waals surface area contributed by atoms with Gasteiger partial charge in [-0.1, -0.05) is 29.8 Å². The number of rotatable bonds is 4. The van der Waals surface area contributed by atoms with Gasteiger partial charge in [0.25, 0.3) is 0 Å². The molecule has 1 saturated heterocycles. The van der Waals surface area contributed by atoms with Crippen LogP contribution in [0.2, 0.25) is 5.02 Å². The predicted octanol–water partition coefficient (Wildman–Crippen LogP) is 2.65. The van der Waals surface area contributed by atoms with E-state index in [4.69, 9.17) is 11.6 Å². The molecule has 1 fully saturated rings. The number of phenols is 1. The first-order valence-corrected chi connectivity index (χ1v) is 9.79. The first-order chi connectivity index (χ1) is 14.0. The van der Waals surface area contributed by atoms with Gasteiger partial charge in [0.2, 0.25) is 5.91 Å². The molecule has 8 heteroatoms. The molecule has 154 valence electrons. The van der Waals surface area contributed by atoms with Gasteiger partial charge in [0.15, 0.2) is 17.5 Å². The molecular formula is C21H24ClFN4O2. The highest BCUT2D eigenvalue weighted by molar-refractivity contribution is 6.30. The Morgan fingerprint density at radius 3 is 2.52 bits per heavy atom. The molecule has 1 aliphatic heterocycles. The highest BCUT2D eigenvalue weighted by Crippen LogP contribution is 2.16. The maximum Gasteiger partial charge on any atom is 0.227 e. The fourth-order valence-corrected chi connectivity index (χ4v) is 3.49. The summed E-state index contributed by atoms with van der Waals surface area (Å²) in [5.41, 5.74) is 1.61. The number of nitrogens with zero attached hydrogens (tertiary/aromatic N) is 3. The number of halogens is 2. The number of phenolic OH excluding ortho intramolecular Hbond substituents is 1. The molecule has 0 atom stereocenters. The molecule has 1 heterocycles. The Bertz CT molecular complexity index is 898. The van der Waals surface area contributed by atoms with Crippen LogP contribution in [0.1, 0.15) is 11.1 Å². The van der Waals surface area contributed by atoms with Crippen LogP contribution in [-0.2, 0) is 17.8 Å². The fourth-order valence-electron chi connectivity index (χ4n) is 3.27. The first-order valence-electron chi connectivity index (χ1n) is 9.41. The number of carbonyl (C=O) groups excluding carboxylic acids is 1. The standard InChI is InChI=1S/C21H24ClFN4O2/c1-24-21(25-14-16-5-6-19(28)18(23)12-16)27-9-7-26(8-10-27)20(29)13-15-3-2-4-17(22)11-15/h2-6,11-12,28H,7-10,13-14H2,1H3,(H,24,25). The van der Waals surface area contributed by atoms with E-state index in [1.807, 2.05) is 23.1 Å². The maximum atomic E-state index is 13.5. The molecule has 29 heavy (non-hydrogen) atoms. The summed E-state index contributed by atoms with van der Waals surface area (Å²) < 4.78 is 13.5. The summed E-state index contributed by atoms with van der Waals surface area (Å²) in [6.07, 6.45) is 0.333. The van der Waals surface area contributed by atoms with Crippen molar-refractivity contribution >= 4 is 23.5 Å². The normalized spacial score (nSPS) is 14.8. The van der Waals surface area contributed by atoms with Crippen LogP contribution < -0.4 is 5.32 Å². The molecule has 2 N–H and O–H groups in total. The molecule has 2 aromatic carbocycles. The van der Waals surface area contributed by atoms with E-state index in [1.54, 1.807) is 19.2 Å². The zero-order chi connectivity index (χ0) is 20.8. The number of amides is 1. The monoisotopic (exact) mass is 418 g/mol. The lowest BCUT2D eigenvalue weighted by Crippen LogP contribution is -2.53. The summed E-state index contributed by atoms with van der Waals surface area (Å²) in [5.74, 6) is -0.238. The van der Waals surface area contributed by atoms with Crippen molar-refractivity contribution in [2.24, 2.45) is 4.99 Å². The van der Waals surface area contributed by atoms with Crippen molar-refractivity contribution in [1.29, 1.82) is 0 Å². The van der Waals surface area contributed by atoms with E-state index in [2.05, 4.69) is 15.2 Å². The van der Waals surface area contributed by atoms with Crippen molar-refractivity contribution in [3.63, 3.8) is 0 Å². The number of guanidine groups is 1. The van der Waals surface area contributed by atoms with Gasteiger partial charge in [0.05, 0.1) is 6.42 Å². The van der Waals surface area contributed by atoms with Crippen molar-refractivity contribution in [3.8, 4) is 5.75 Å². The van der Waals surface area contributed by atoms with Crippen molar-refractivity contribution in [3.05, 3.63) is 64.4 Å². The summed E-state index contributed by atoms with van der Waals surface area (Å²) in [7, 11) is 1.69. The quantitative estimate of drug-likeness (QED) is 0.591. The Balaban J connectivity index is 1.50. The van der Waals surface area contributed by atoms with Crippen LogP contribution in [-0.4, -0.2) is 60.0 Å². The lowest BCUT2D eigenvalue weighted by atomic mass is 10.1. The van der Waals surface area contributed by atoms with Gasteiger partial charge in [0, 0.05) is 44.8 Å². The average Bonchev–Trinajstić information content (AvgIpc) is 2.71. The Hall–Kier alpha value is -2.80. The van der Waals surface area contributed by atoms with E-state index in [0.29, 0.717) is 55.7 Å². The third kappa shape index (κ3) is 5.60. The van der Waals surface area contributed by atoms with Gasteiger partial charge < -0.3 is 20.2 Å². The summed E-state index contributed by atoms with van der Waals surface area (Å²) in [6, 6.07) is 11.6. The molecule has 1 aliphatic rings. The number of hydrogen-bond acceptors (Lipinski definition) is 3. The van der Waals surface area contributed by atoms with Crippen LogP contribution in [0.5, 0.6) is 5.75 Å². The number of carbonyl (C=O) groups is 1. The lowest BCUT2D eigenvalue weighted by Gasteiger charge is -2.36. The third-order valence-electron chi connectivity index (χ3n) is 4.85. The molecule has 0 aliphatic carbocycles. The van der Waals surface area contributed by atoms with Crippen LogP contribution in [0.4, 0.5) is 4.39 Å². The number of nitrogens with one attached hydrogen (secondary N) is 1. The van der Waals surface area contributed by atoms with Crippen LogP contribution in [0.3, 0.4) is 0 Å². The number of hydrogen-bond donors (Lipinski definition) is 2. The Kier molecular flexibility index (Phi) is 6.93. The van der Waals surface area contributed by atoms with Gasteiger partial charge in [-0.3, -0.25) is 9.79 Å². The van der Waals surface area contributed by atoms with Crippen LogP contribution in [0.15, 0.2) is 47.5 Å². The van der Waals surface area contributed by atoms with Crippen LogP contribution in [0.25, 0.3) is 0 Å². The van der Waals surface area contributed by atoms with E-state index in [9.17, 15) is 14.3 Å². The molecule has 0 unspecified atom stereocenters. The van der Waals surface area contributed by atoms with Gasteiger partial charge in [-0.2, -0.15) is 0 Å². The second-order valence-electron chi connectivity index (χ2n) is 6.86. The van der Waals surface area contributed by atoms with E-state index >= 15 is 0 Å². The van der Waals surface area contributed by atoms with Crippen LogP contribution in [0, 0.1) is 5.82 Å². The first kappa shape index (κ1) is 20.9. The van der Waals surface area contributed by atoms with Gasteiger partial charge >= 0.3 is 0 Å². The summed E-state index contributed by atoms with van der Waals surface area (Å²) in [5, 5.41) is 13.1. The SMILES string of the molecule is CN=C(NCc1ccc(O)c(F)c1)N1CCN(C(=O)Cc2cccc(Cl)c2)CC1. The zero-order valence-electron chi connectivity index (χ0n) is 16.2. The smallest absolute Gasteiger partial charge is 0.227 e. The van der Waals surface area contributed by atoms with Gasteiger partial charge in [0.1, 0.15) is 0 Å². The van der Waals surface area contributed by atoms with Crippen molar-refractivity contribution in [2.75, 3.05) is 33.2 Å². The van der Waals surface area contributed by atoms with Gasteiger partial charge in [-0.15, -0.1) is 0 Å². The molecule has 2 aromatic rings. The van der Waals surface area contributed by atoms with E-state index < -0.39 is 5.82 Å². The zero-order valence-corrected chi connectivity index (χ0v) is 17.0. The third-order valence-corrected chi connectivity index (χ3v) is 5.09. The minimum atomic E-state index is -0.647. The van der Waals surface area contributed by atoms with Crippen molar-refractivity contribution < 1.29 is 14.3 Å². The molecule has 0 bridgehead atoms. The molecule has 0 saturated carbocycles. The molecular weight excluding hydrogens is 395 g/mol. The van der Waals surface area contributed by atoms with E-state index in [0.717, 1.165) is 5.56 Å². The number of aromatic hydroxyl groups is 1. The van der Waals surface area contributed by atoms with Crippen LogP contribution >= 0.6 is 11.6 Å². The van der Waals surface area contributed by atoms with Gasteiger partial charge in [-0.25, -0.2) is 4.39 Å². The Morgan fingerprint density at radius 2 is 1.86 bits per heavy atom. The Morgan fingerprint density at radius 1 is 1.14 bits per heavy atom. The molecule has 0 aromatic heterocycles. The van der Waals surface area contributed by atoms with Crippen molar-refractivity contribution in [1.82, 2.24) is 15.1 Å². The lowest BCUT2D eigenvalue weighted by molar-refractivity contribution is -0.131. The topological polar surface area (TPSA) is 68.2 Å². The molecule has 3 rings (SSSR count). The number of piperazine rings is 1. The second-order valence-corrected chi connectivity index (χ2v) is 7.30. The average molecular weight is 419 g/mol. The largest absolute Gasteiger partial charge is 0.505 e. The predicted molar refractivity (Wildman–Crippen MR) is 112 cm³/mol. The minimum absolute atomic E-state index is 0.0782. The second kappa shape index (κ2) is 9.60. The molecule has 0 spiro atoms. The van der Waals surface area contributed by atoms with Gasteiger partial charge in [-0.05, 0) is 35.4 Å². The minimum Gasteiger partial charge on any atom is -0.505 e.